The van der Waals surface area contributed by atoms with Crippen LogP contribution in [0.5, 0.6) is 11.5 Å². The summed E-state index contributed by atoms with van der Waals surface area (Å²) in [6.45, 7) is 0. The van der Waals surface area contributed by atoms with Gasteiger partial charge in [0, 0.05) is 41.9 Å². The molecule has 6 nitrogen and oxygen atoms in total. The van der Waals surface area contributed by atoms with Crippen molar-refractivity contribution >= 4 is 28.3 Å². The number of aromatic nitrogens is 1. The maximum atomic E-state index is 13.3. The number of fused-ring (bicyclic) bond motifs is 5. The van der Waals surface area contributed by atoms with Crippen LogP contribution in [0.1, 0.15) is 49.5 Å². The predicted molar refractivity (Wildman–Crippen MR) is 96.6 cm³/mol. The van der Waals surface area contributed by atoms with E-state index in [1.807, 2.05) is 12.1 Å². The molecule has 1 heterocycles. The van der Waals surface area contributed by atoms with E-state index in [0.29, 0.717) is 10.9 Å². The fourth-order valence-electron chi connectivity index (χ4n) is 4.41. The number of aryl methyl sites for hydroxylation is 1. The van der Waals surface area contributed by atoms with E-state index in [0.717, 1.165) is 5.52 Å². The second-order valence-electron chi connectivity index (χ2n) is 7.08. The molecule has 0 saturated heterocycles. The van der Waals surface area contributed by atoms with E-state index >= 15 is 0 Å². The lowest BCUT2D eigenvalue weighted by atomic mass is 9.79. The number of carbonyl (C=O) groups excluding carboxylic acids is 3. The Labute approximate surface area is 153 Å². The minimum absolute atomic E-state index is 0.0502. The molecule has 6 heteroatoms. The van der Waals surface area contributed by atoms with Gasteiger partial charge in [-0.05, 0) is 12.5 Å². The lowest BCUT2D eigenvalue weighted by Crippen LogP contribution is -2.25. The van der Waals surface area contributed by atoms with Gasteiger partial charge in [0.2, 0.25) is 11.6 Å². The Morgan fingerprint density at radius 2 is 1.52 bits per heavy atom. The van der Waals surface area contributed by atoms with Crippen LogP contribution in [0, 0.1) is 0 Å². The van der Waals surface area contributed by atoms with E-state index in [1.165, 1.54) is 0 Å². The number of phenolic OH excluding ortho intramolecular Hbond substituents is 2. The molecule has 0 amide bonds. The highest BCUT2D eigenvalue weighted by molar-refractivity contribution is 6.34. The maximum absolute atomic E-state index is 13.3. The molecule has 5 rings (SSSR count). The number of ketones is 3. The molecule has 0 aliphatic heterocycles. The average molecular weight is 361 g/mol. The number of phenols is 2. The predicted octanol–water partition coefficient (Wildman–Crippen LogP) is 2.42. The van der Waals surface area contributed by atoms with Gasteiger partial charge in [-0.2, -0.15) is 0 Å². The normalized spacial score (nSPS) is 15.7. The van der Waals surface area contributed by atoms with E-state index in [1.54, 1.807) is 23.7 Å². The molecule has 3 aromatic rings. The minimum Gasteiger partial charge on any atom is -0.507 e. The second-order valence-corrected chi connectivity index (χ2v) is 7.08. The van der Waals surface area contributed by atoms with Crippen molar-refractivity contribution in [2.24, 2.45) is 7.05 Å². The van der Waals surface area contributed by atoms with Crippen molar-refractivity contribution in [3.05, 3.63) is 57.8 Å². The van der Waals surface area contributed by atoms with Crippen molar-refractivity contribution in [2.75, 3.05) is 0 Å². The van der Waals surface area contributed by atoms with Crippen molar-refractivity contribution in [1.29, 1.82) is 0 Å². The summed E-state index contributed by atoms with van der Waals surface area (Å²) in [4.78, 5) is 38.4. The molecule has 0 spiro atoms. The van der Waals surface area contributed by atoms with Gasteiger partial charge in [0.1, 0.15) is 23.0 Å². The topological polar surface area (TPSA) is 96.6 Å². The minimum atomic E-state index is -0.521. The first-order chi connectivity index (χ1) is 12.9. The number of hydrogen-bond donors (Lipinski definition) is 2. The number of Topliss-reactive ketones (excluding diaryl/α,β-unsaturated/α-hetero) is 1. The number of benzene rings is 2. The maximum Gasteiger partial charge on any atom is 0.214 e. The highest BCUT2D eigenvalue weighted by Gasteiger charge is 2.41. The number of rotatable bonds is 0. The Morgan fingerprint density at radius 1 is 0.852 bits per heavy atom. The van der Waals surface area contributed by atoms with E-state index < -0.39 is 11.6 Å². The molecule has 0 atom stereocenters. The number of para-hydroxylation sites is 1. The van der Waals surface area contributed by atoms with Crippen molar-refractivity contribution in [1.82, 2.24) is 4.57 Å². The highest BCUT2D eigenvalue weighted by atomic mass is 16.3. The summed E-state index contributed by atoms with van der Waals surface area (Å²) in [6.07, 6.45) is 0.427. The summed E-state index contributed by atoms with van der Waals surface area (Å²) in [7, 11) is 1.69. The quantitative estimate of drug-likeness (QED) is 0.469. The zero-order valence-corrected chi connectivity index (χ0v) is 14.5. The fraction of sp³-hybridized carbons (Fsp3) is 0.190. The Kier molecular flexibility index (Phi) is 2.97. The number of carbonyl (C=O) groups is 3. The molecule has 134 valence electrons. The van der Waals surface area contributed by atoms with Gasteiger partial charge in [0.25, 0.3) is 0 Å². The largest absolute Gasteiger partial charge is 0.507 e. The van der Waals surface area contributed by atoms with Crippen molar-refractivity contribution in [3.63, 3.8) is 0 Å². The Balaban J connectivity index is 1.90. The average Bonchev–Trinajstić information content (AvgIpc) is 2.96. The molecule has 0 bridgehead atoms. The van der Waals surface area contributed by atoms with Crippen LogP contribution in [-0.2, 0) is 24.7 Å². The monoisotopic (exact) mass is 361 g/mol. The summed E-state index contributed by atoms with van der Waals surface area (Å²) >= 11 is 0. The van der Waals surface area contributed by atoms with Crippen LogP contribution in [0.15, 0.2) is 24.3 Å². The van der Waals surface area contributed by atoms with Crippen LogP contribution in [0.3, 0.4) is 0 Å². The molecule has 2 aromatic carbocycles. The SMILES string of the molecule is Cn1c2c(c3ccccc31)C(=O)c1c(O)c3c(c(O)c1C2=O)CC(=O)CC3. The van der Waals surface area contributed by atoms with Crippen LogP contribution in [0.25, 0.3) is 10.9 Å². The van der Waals surface area contributed by atoms with Crippen LogP contribution >= 0.6 is 0 Å². The third-order valence-electron chi connectivity index (χ3n) is 5.69. The fourth-order valence-corrected chi connectivity index (χ4v) is 4.41. The van der Waals surface area contributed by atoms with Gasteiger partial charge < -0.3 is 14.8 Å². The molecule has 2 aliphatic carbocycles. The van der Waals surface area contributed by atoms with Crippen LogP contribution in [0.4, 0.5) is 0 Å². The lowest BCUT2D eigenvalue weighted by Gasteiger charge is -2.25. The third-order valence-corrected chi connectivity index (χ3v) is 5.69. The van der Waals surface area contributed by atoms with Gasteiger partial charge in [-0.15, -0.1) is 0 Å². The molecule has 0 unspecified atom stereocenters. The number of aromatic hydroxyl groups is 2. The van der Waals surface area contributed by atoms with Gasteiger partial charge in [0.15, 0.2) is 0 Å². The van der Waals surface area contributed by atoms with Gasteiger partial charge >= 0.3 is 0 Å². The summed E-state index contributed by atoms with van der Waals surface area (Å²) in [5, 5.41) is 22.2. The summed E-state index contributed by atoms with van der Waals surface area (Å²) in [5.41, 5.74) is 1.42. The first kappa shape index (κ1) is 15.8. The van der Waals surface area contributed by atoms with Crippen molar-refractivity contribution in [2.45, 2.75) is 19.3 Å². The summed E-state index contributed by atoms with van der Waals surface area (Å²) in [5.74, 6) is -1.73. The Morgan fingerprint density at radius 3 is 2.30 bits per heavy atom. The molecule has 27 heavy (non-hydrogen) atoms. The first-order valence-corrected chi connectivity index (χ1v) is 8.70. The van der Waals surface area contributed by atoms with E-state index in [4.69, 9.17) is 0 Å². The number of hydrogen-bond acceptors (Lipinski definition) is 5. The van der Waals surface area contributed by atoms with Gasteiger partial charge in [-0.1, -0.05) is 18.2 Å². The second kappa shape index (κ2) is 5.07. The van der Waals surface area contributed by atoms with Crippen LogP contribution < -0.4 is 0 Å². The molecular formula is C21H15NO5. The van der Waals surface area contributed by atoms with Gasteiger partial charge in [-0.25, -0.2) is 0 Å². The van der Waals surface area contributed by atoms with Crippen molar-refractivity contribution < 1.29 is 24.6 Å². The van der Waals surface area contributed by atoms with Gasteiger partial charge in [0.05, 0.1) is 16.7 Å². The molecular weight excluding hydrogens is 346 g/mol. The lowest BCUT2D eigenvalue weighted by molar-refractivity contribution is -0.118. The van der Waals surface area contributed by atoms with Crippen molar-refractivity contribution in [3.8, 4) is 11.5 Å². The van der Waals surface area contributed by atoms with E-state index in [-0.39, 0.29) is 64.5 Å². The standard InChI is InChI=1S/C21H15NO5/c1-22-13-5-3-2-4-11(13)14-17(22)21(27)16-15(20(14)26)18(24)10-7-6-9(23)8-12(10)19(16)25/h2-5,24-25H,6-8H2,1H3. The smallest absolute Gasteiger partial charge is 0.214 e. The Hall–Kier alpha value is -3.41. The molecule has 2 aliphatic rings. The first-order valence-electron chi connectivity index (χ1n) is 8.70. The number of nitrogens with zero attached hydrogens (tertiary/aromatic N) is 1. The molecule has 1 aromatic heterocycles. The van der Waals surface area contributed by atoms with Gasteiger partial charge in [-0.3, -0.25) is 14.4 Å². The van der Waals surface area contributed by atoms with E-state index in [9.17, 15) is 24.6 Å². The molecule has 0 radical (unpaired) electrons. The van der Waals surface area contributed by atoms with E-state index in [2.05, 4.69) is 0 Å². The molecule has 0 fully saturated rings. The zero-order valence-electron chi connectivity index (χ0n) is 14.5. The Bertz CT molecular complexity index is 1230. The van der Waals surface area contributed by atoms with Crippen LogP contribution in [0.2, 0.25) is 0 Å². The van der Waals surface area contributed by atoms with Crippen LogP contribution in [-0.4, -0.2) is 32.1 Å². The third kappa shape index (κ3) is 1.82. The highest BCUT2D eigenvalue weighted by Crippen LogP contribution is 2.46. The summed E-state index contributed by atoms with van der Waals surface area (Å²) in [6, 6.07) is 7.17. The molecule has 0 saturated carbocycles. The zero-order chi connectivity index (χ0) is 19.0. The summed E-state index contributed by atoms with van der Waals surface area (Å²) < 4.78 is 1.63. The molecule has 2 N–H and O–H groups in total.